The summed E-state index contributed by atoms with van der Waals surface area (Å²) in [6.45, 7) is 1.86. The summed E-state index contributed by atoms with van der Waals surface area (Å²) in [6.07, 6.45) is 1.41. The van der Waals surface area contributed by atoms with Crippen molar-refractivity contribution in [3.63, 3.8) is 0 Å². The third-order valence-electron chi connectivity index (χ3n) is 2.73. The molecule has 0 N–H and O–H groups in total. The number of aromatic nitrogens is 1. The van der Waals surface area contributed by atoms with Gasteiger partial charge in [-0.15, -0.1) is 0 Å². The minimum atomic E-state index is -2.22. The highest BCUT2D eigenvalue weighted by Crippen LogP contribution is 2.21. The molecule has 1 aromatic carbocycles. The van der Waals surface area contributed by atoms with Gasteiger partial charge in [-0.05, 0) is 30.0 Å². The summed E-state index contributed by atoms with van der Waals surface area (Å²) in [4.78, 5) is 12.1. The summed E-state index contributed by atoms with van der Waals surface area (Å²) in [7, 11) is 0. The van der Waals surface area contributed by atoms with Crippen LogP contribution in [0.4, 0.5) is 0 Å². The molecule has 0 bridgehead atoms. The van der Waals surface area contributed by atoms with Crippen molar-refractivity contribution in [1.82, 2.24) is 4.57 Å². The second-order valence-corrected chi connectivity index (χ2v) is 4.34. The fourth-order valence-electron chi connectivity index (χ4n) is 1.87. The Morgan fingerprint density at radius 1 is 1.18 bits per heavy atom. The van der Waals surface area contributed by atoms with Gasteiger partial charge in [0.25, 0.3) is 5.56 Å². The smallest absolute Gasteiger partial charge is 0.255 e. The number of benzene rings is 1. The molecule has 1 heterocycles. The van der Waals surface area contributed by atoms with Gasteiger partial charge in [-0.1, -0.05) is 38.1 Å². The average molecular weight is 230 g/mol. The zero-order valence-electron chi connectivity index (χ0n) is 13.0. The van der Waals surface area contributed by atoms with Crippen LogP contribution in [0.1, 0.15) is 35.0 Å². The first kappa shape index (κ1) is 8.29. The Balaban J connectivity index is 2.67. The van der Waals surface area contributed by atoms with Gasteiger partial charge < -0.3 is 0 Å². The van der Waals surface area contributed by atoms with Crippen molar-refractivity contribution in [2.24, 2.45) is 0 Å². The topological polar surface area (TPSA) is 22.0 Å². The molecule has 88 valence electrons. The van der Waals surface area contributed by atoms with Crippen molar-refractivity contribution in [1.29, 1.82) is 0 Å². The zero-order valence-corrected chi connectivity index (χ0v) is 9.97. The molecule has 0 spiro atoms. The quantitative estimate of drug-likeness (QED) is 0.776. The van der Waals surface area contributed by atoms with E-state index in [9.17, 15) is 4.79 Å². The highest BCUT2D eigenvalue weighted by Gasteiger charge is 2.08. The Labute approximate surface area is 106 Å². The van der Waals surface area contributed by atoms with E-state index in [0.717, 1.165) is 11.3 Å². The molecule has 17 heavy (non-hydrogen) atoms. The van der Waals surface area contributed by atoms with E-state index in [-0.39, 0.29) is 17.0 Å². The molecule has 0 aliphatic heterocycles. The second-order valence-electron chi connectivity index (χ2n) is 4.34. The van der Waals surface area contributed by atoms with E-state index in [1.165, 1.54) is 22.9 Å². The lowest BCUT2D eigenvalue weighted by molar-refractivity contribution is 0.837. The summed E-state index contributed by atoms with van der Waals surface area (Å²) in [5.74, 6) is 0.245. The maximum Gasteiger partial charge on any atom is 0.255 e. The van der Waals surface area contributed by atoms with Gasteiger partial charge in [0.2, 0.25) is 0 Å². The fourth-order valence-corrected chi connectivity index (χ4v) is 1.87. The fraction of sp³-hybridized carbons (Fsp3) is 0.267. The van der Waals surface area contributed by atoms with Crippen molar-refractivity contribution in [3.05, 3.63) is 64.1 Å². The lowest BCUT2D eigenvalue weighted by atomic mass is 10.0. The van der Waals surface area contributed by atoms with Gasteiger partial charge in [-0.3, -0.25) is 9.36 Å². The number of para-hydroxylation sites is 1. The first-order valence-corrected chi connectivity index (χ1v) is 5.63. The van der Waals surface area contributed by atoms with Crippen LogP contribution in [0.5, 0.6) is 0 Å². The Morgan fingerprint density at radius 3 is 2.65 bits per heavy atom. The average Bonchev–Trinajstić information content (AvgIpc) is 2.38. The molecule has 2 aromatic rings. The number of pyridine rings is 1. The zero-order chi connectivity index (χ0) is 14.9. The van der Waals surface area contributed by atoms with Crippen molar-refractivity contribution in [2.75, 3.05) is 0 Å². The molecule has 0 amide bonds. The van der Waals surface area contributed by atoms with E-state index in [1.54, 1.807) is 0 Å². The Morgan fingerprint density at radius 2 is 1.94 bits per heavy atom. The van der Waals surface area contributed by atoms with Gasteiger partial charge in [-0.25, -0.2) is 0 Å². The second kappa shape index (κ2) is 4.58. The summed E-state index contributed by atoms with van der Waals surface area (Å²) >= 11 is 0. The van der Waals surface area contributed by atoms with Crippen molar-refractivity contribution in [2.45, 2.75) is 26.6 Å². The van der Waals surface area contributed by atoms with Gasteiger partial charge >= 0.3 is 0 Å². The predicted octanol–water partition coefficient (Wildman–Crippen LogP) is 3.27. The third kappa shape index (κ3) is 2.31. The summed E-state index contributed by atoms with van der Waals surface area (Å²) in [6, 6.07) is 10.2. The van der Waals surface area contributed by atoms with Crippen LogP contribution in [0, 0.1) is 6.85 Å². The Hall–Kier alpha value is -1.83. The van der Waals surface area contributed by atoms with Gasteiger partial charge in [-0.2, -0.15) is 0 Å². The molecule has 0 radical (unpaired) electrons. The minimum Gasteiger partial charge on any atom is -0.284 e. The predicted molar refractivity (Wildman–Crippen MR) is 70.9 cm³/mol. The maximum absolute atomic E-state index is 12.1. The molecule has 0 aliphatic carbocycles. The number of hydrogen-bond acceptors (Lipinski definition) is 1. The van der Waals surface area contributed by atoms with Crippen molar-refractivity contribution in [3.8, 4) is 5.69 Å². The standard InChI is InChI=1S/C15H17NO/c1-11(2)13-6-4-5-7-14(13)16-10-12(3)8-9-15(16)17/h4-11H,1-3H3/i3D3. The van der Waals surface area contributed by atoms with Crippen LogP contribution in [0.3, 0.4) is 0 Å². The molecule has 0 unspecified atom stereocenters. The van der Waals surface area contributed by atoms with E-state index in [1.807, 2.05) is 38.1 Å². The van der Waals surface area contributed by atoms with Crippen LogP contribution in [-0.4, -0.2) is 4.57 Å². The molecule has 2 nitrogen and oxygen atoms in total. The summed E-state index contributed by atoms with van der Waals surface area (Å²) in [5, 5.41) is 0. The van der Waals surface area contributed by atoms with Crippen LogP contribution < -0.4 is 5.56 Å². The summed E-state index contributed by atoms with van der Waals surface area (Å²) < 4.78 is 23.8. The van der Waals surface area contributed by atoms with E-state index >= 15 is 0 Å². The van der Waals surface area contributed by atoms with Crippen LogP contribution in [-0.2, 0) is 0 Å². The molecular weight excluding hydrogens is 210 g/mol. The van der Waals surface area contributed by atoms with Crippen LogP contribution in [0.25, 0.3) is 5.69 Å². The van der Waals surface area contributed by atoms with E-state index < -0.39 is 6.85 Å². The highest BCUT2D eigenvalue weighted by atomic mass is 16.1. The number of aryl methyl sites for hydroxylation is 1. The summed E-state index contributed by atoms with van der Waals surface area (Å²) in [5.41, 5.74) is 1.68. The molecule has 0 saturated carbocycles. The first-order valence-electron chi connectivity index (χ1n) is 7.13. The SMILES string of the molecule is [2H]C([2H])([2H])c1ccc(=O)n(-c2ccccc2C(C)C)c1. The Kier molecular flexibility index (Phi) is 2.23. The molecular formula is C15H17NO. The normalized spacial score (nSPS) is 14.2. The van der Waals surface area contributed by atoms with Crippen molar-refractivity contribution >= 4 is 0 Å². The molecule has 1 aromatic heterocycles. The molecule has 0 atom stereocenters. The van der Waals surface area contributed by atoms with Gasteiger partial charge in [0.05, 0.1) is 5.69 Å². The maximum atomic E-state index is 12.1. The van der Waals surface area contributed by atoms with Gasteiger partial charge in [0.15, 0.2) is 0 Å². The molecule has 2 rings (SSSR count). The third-order valence-corrected chi connectivity index (χ3v) is 2.73. The minimum absolute atomic E-state index is 0.163. The van der Waals surface area contributed by atoms with E-state index in [4.69, 9.17) is 4.11 Å². The van der Waals surface area contributed by atoms with E-state index in [0.29, 0.717) is 0 Å². The highest BCUT2D eigenvalue weighted by molar-refractivity contribution is 5.43. The van der Waals surface area contributed by atoms with Crippen LogP contribution in [0.2, 0.25) is 0 Å². The molecule has 0 saturated heterocycles. The van der Waals surface area contributed by atoms with Gasteiger partial charge in [0.1, 0.15) is 0 Å². The monoisotopic (exact) mass is 230 g/mol. The molecule has 0 aliphatic rings. The van der Waals surface area contributed by atoms with Gasteiger partial charge in [0, 0.05) is 16.4 Å². The van der Waals surface area contributed by atoms with Crippen LogP contribution >= 0.6 is 0 Å². The number of nitrogens with zero attached hydrogens (tertiary/aromatic N) is 1. The lowest BCUT2D eigenvalue weighted by Crippen LogP contribution is -2.18. The Bertz CT molecular complexity index is 671. The molecule has 0 fully saturated rings. The first-order chi connectivity index (χ1) is 9.30. The number of hydrogen-bond donors (Lipinski definition) is 0. The lowest BCUT2D eigenvalue weighted by Gasteiger charge is -2.14. The number of rotatable bonds is 2. The van der Waals surface area contributed by atoms with Crippen molar-refractivity contribution < 1.29 is 4.11 Å². The van der Waals surface area contributed by atoms with Crippen LogP contribution in [0.15, 0.2) is 47.4 Å². The van der Waals surface area contributed by atoms with E-state index in [2.05, 4.69) is 0 Å². The largest absolute Gasteiger partial charge is 0.284 e. The molecule has 2 heteroatoms.